The van der Waals surface area contributed by atoms with Gasteiger partial charge in [-0.15, -0.1) is 0 Å². The first-order chi connectivity index (χ1) is 12.2. The topological polar surface area (TPSA) is 69.0 Å². The molecule has 0 unspecified atom stereocenters. The molecule has 1 aliphatic rings. The van der Waals surface area contributed by atoms with E-state index in [0.717, 1.165) is 28.1 Å². The van der Waals surface area contributed by atoms with E-state index in [2.05, 4.69) is 5.10 Å². The minimum Gasteiger partial charge on any atom is -0.289 e. The molecule has 1 aromatic carbocycles. The van der Waals surface area contributed by atoms with Gasteiger partial charge in [-0.25, -0.2) is 8.42 Å². The third-order valence-electron chi connectivity index (χ3n) is 4.98. The van der Waals surface area contributed by atoms with E-state index in [1.165, 1.54) is 0 Å². The number of aryl methyl sites for hydroxylation is 3. The average Bonchev–Trinajstić information content (AvgIpc) is 3.04. The highest BCUT2D eigenvalue weighted by Gasteiger charge is 2.31. The first-order valence-electron chi connectivity index (χ1n) is 8.74. The third kappa shape index (κ3) is 3.65. The Kier molecular flexibility index (Phi) is 4.88. The molecule has 1 fully saturated rings. The van der Waals surface area contributed by atoms with Crippen LogP contribution in [0.4, 0.5) is 0 Å². The van der Waals surface area contributed by atoms with Crippen LogP contribution in [-0.2, 0) is 9.84 Å². The van der Waals surface area contributed by atoms with Crippen molar-refractivity contribution in [2.45, 2.75) is 40.2 Å². The monoisotopic (exact) mass is 372 g/mol. The molecule has 6 heteroatoms. The smallest absolute Gasteiger partial charge is 0.186 e. The zero-order valence-electron chi connectivity index (χ0n) is 15.6. The largest absolute Gasteiger partial charge is 0.289 e. The molecular weight excluding hydrogens is 348 g/mol. The number of benzene rings is 1. The van der Waals surface area contributed by atoms with E-state index >= 15 is 0 Å². The molecule has 0 saturated carbocycles. The van der Waals surface area contributed by atoms with Crippen molar-refractivity contribution in [3.63, 3.8) is 0 Å². The molecule has 0 bridgehead atoms. The van der Waals surface area contributed by atoms with Crippen molar-refractivity contribution < 1.29 is 13.2 Å². The molecule has 1 saturated heterocycles. The summed E-state index contributed by atoms with van der Waals surface area (Å²) in [5.41, 5.74) is 5.36. The minimum absolute atomic E-state index is 0.0440. The number of carbonyl (C=O) groups is 1. The zero-order valence-corrected chi connectivity index (χ0v) is 16.4. The Bertz CT molecular complexity index is 1000. The van der Waals surface area contributed by atoms with E-state index in [0.29, 0.717) is 12.0 Å². The van der Waals surface area contributed by atoms with Gasteiger partial charge in [0.25, 0.3) is 0 Å². The second-order valence-electron chi connectivity index (χ2n) is 7.10. The summed E-state index contributed by atoms with van der Waals surface area (Å²) in [4.78, 5) is 12.5. The van der Waals surface area contributed by atoms with Crippen LogP contribution in [-0.4, -0.2) is 35.5 Å². The molecule has 138 valence electrons. The molecule has 0 radical (unpaired) electrons. The molecule has 3 rings (SSSR count). The van der Waals surface area contributed by atoms with E-state index in [9.17, 15) is 13.2 Å². The normalized spacial score (nSPS) is 19.3. The molecule has 0 amide bonds. The maximum absolute atomic E-state index is 12.5. The van der Waals surface area contributed by atoms with E-state index in [1.807, 2.05) is 45.9 Å². The van der Waals surface area contributed by atoms with Crippen LogP contribution in [0.3, 0.4) is 0 Å². The molecule has 2 aromatic rings. The van der Waals surface area contributed by atoms with Crippen molar-refractivity contribution >= 4 is 21.7 Å². The van der Waals surface area contributed by atoms with Gasteiger partial charge in [-0.1, -0.05) is 23.8 Å². The Morgan fingerprint density at radius 1 is 1.23 bits per heavy atom. The lowest BCUT2D eigenvalue weighted by Crippen LogP contribution is -2.13. The highest BCUT2D eigenvalue weighted by atomic mass is 32.2. The van der Waals surface area contributed by atoms with Crippen molar-refractivity contribution in [1.29, 1.82) is 0 Å². The van der Waals surface area contributed by atoms with Gasteiger partial charge in [0.1, 0.15) is 0 Å². The Hall–Kier alpha value is -2.21. The van der Waals surface area contributed by atoms with Crippen LogP contribution in [0.1, 0.15) is 50.9 Å². The number of allylic oxidation sites excluding steroid dienone is 1. The first-order valence-corrected chi connectivity index (χ1v) is 10.6. The highest BCUT2D eigenvalue weighted by molar-refractivity contribution is 7.91. The van der Waals surface area contributed by atoms with Crippen LogP contribution in [0.25, 0.3) is 6.08 Å². The van der Waals surface area contributed by atoms with Crippen LogP contribution < -0.4 is 0 Å². The summed E-state index contributed by atoms with van der Waals surface area (Å²) < 4.78 is 25.3. The van der Waals surface area contributed by atoms with Crippen LogP contribution in [0.5, 0.6) is 0 Å². The van der Waals surface area contributed by atoms with Gasteiger partial charge in [-0.3, -0.25) is 9.48 Å². The van der Waals surface area contributed by atoms with E-state index in [-0.39, 0.29) is 23.3 Å². The molecule has 1 aliphatic heterocycles. The second-order valence-corrected chi connectivity index (χ2v) is 9.33. The number of ketones is 1. The van der Waals surface area contributed by atoms with Gasteiger partial charge in [0.15, 0.2) is 15.6 Å². The van der Waals surface area contributed by atoms with E-state index in [4.69, 9.17) is 0 Å². The van der Waals surface area contributed by atoms with Gasteiger partial charge < -0.3 is 0 Å². The standard InChI is InChI=1S/C20H24N2O3S/c1-13-5-6-18(14(2)11-13)20(23)8-7-19-15(3)21-22(16(19)4)17-9-10-26(24,25)12-17/h5-8,11,17H,9-10,12H2,1-4H3/b8-7+/t17-/m1/s1. The lowest BCUT2D eigenvalue weighted by molar-refractivity contribution is 0.104. The third-order valence-corrected chi connectivity index (χ3v) is 6.73. The summed E-state index contributed by atoms with van der Waals surface area (Å²) in [6.45, 7) is 7.74. The number of hydrogen-bond donors (Lipinski definition) is 0. The molecule has 0 spiro atoms. The lowest BCUT2D eigenvalue weighted by Gasteiger charge is -2.10. The number of aromatic nitrogens is 2. The van der Waals surface area contributed by atoms with Crippen molar-refractivity contribution in [3.8, 4) is 0 Å². The van der Waals surface area contributed by atoms with Crippen molar-refractivity contribution in [2.75, 3.05) is 11.5 Å². The van der Waals surface area contributed by atoms with Crippen LogP contribution in [0, 0.1) is 27.7 Å². The Labute approximate surface area is 154 Å². The molecule has 5 nitrogen and oxygen atoms in total. The fourth-order valence-corrected chi connectivity index (χ4v) is 5.27. The van der Waals surface area contributed by atoms with E-state index < -0.39 is 9.84 Å². The molecule has 1 aromatic heterocycles. The summed E-state index contributed by atoms with van der Waals surface area (Å²) in [5, 5.41) is 4.53. The number of nitrogens with zero attached hydrogens (tertiary/aromatic N) is 2. The summed E-state index contributed by atoms with van der Waals surface area (Å²) >= 11 is 0. The Balaban J connectivity index is 1.86. The molecule has 0 aliphatic carbocycles. The molecule has 2 heterocycles. The molecule has 1 atom stereocenters. The average molecular weight is 372 g/mol. The number of carbonyl (C=O) groups excluding carboxylic acids is 1. The molecule has 26 heavy (non-hydrogen) atoms. The fraction of sp³-hybridized carbons (Fsp3) is 0.400. The van der Waals surface area contributed by atoms with Gasteiger partial charge in [-0.2, -0.15) is 5.10 Å². The second kappa shape index (κ2) is 6.83. The highest BCUT2D eigenvalue weighted by Crippen LogP contribution is 2.27. The number of rotatable bonds is 4. The summed E-state index contributed by atoms with van der Waals surface area (Å²) in [6.07, 6.45) is 3.96. The Morgan fingerprint density at radius 2 is 1.96 bits per heavy atom. The molecular formula is C20H24N2O3S. The van der Waals surface area contributed by atoms with Gasteiger partial charge >= 0.3 is 0 Å². The lowest BCUT2D eigenvalue weighted by atomic mass is 10.0. The molecule has 0 N–H and O–H groups in total. The van der Waals surface area contributed by atoms with Crippen molar-refractivity contribution in [3.05, 3.63) is 57.9 Å². The maximum atomic E-state index is 12.5. The summed E-state index contributed by atoms with van der Waals surface area (Å²) in [6, 6.07) is 5.67. The first kappa shape index (κ1) is 18.6. The predicted molar refractivity (Wildman–Crippen MR) is 103 cm³/mol. The van der Waals surface area contributed by atoms with E-state index in [1.54, 1.807) is 16.8 Å². The Morgan fingerprint density at radius 3 is 2.58 bits per heavy atom. The van der Waals surface area contributed by atoms with Gasteiger partial charge in [0.2, 0.25) is 0 Å². The predicted octanol–water partition coefficient (Wildman–Crippen LogP) is 3.37. The SMILES string of the molecule is Cc1ccc(C(=O)/C=C/c2c(C)nn([C@@H]3CCS(=O)(=O)C3)c2C)c(C)c1. The maximum Gasteiger partial charge on any atom is 0.186 e. The summed E-state index contributed by atoms with van der Waals surface area (Å²) in [5.74, 6) is 0.309. The number of sulfone groups is 1. The summed E-state index contributed by atoms with van der Waals surface area (Å²) in [7, 11) is -2.97. The van der Waals surface area contributed by atoms with Crippen molar-refractivity contribution in [2.24, 2.45) is 0 Å². The fourth-order valence-electron chi connectivity index (χ4n) is 3.58. The van der Waals surface area contributed by atoms with Gasteiger partial charge in [0, 0.05) is 16.8 Å². The van der Waals surface area contributed by atoms with Gasteiger partial charge in [-0.05, 0) is 51.8 Å². The van der Waals surface area contributed by atoms with Crippen LogP contribution >= 0.6 is 0 Å². The minimum atomic E-state index is -2.97. The van der Waals surface area contributed by atoms with Crippen LogP contribution in [0.15, 0.2) is 24.3 Å². The quantitative estimate of drug-likeness (QED) is 0.609. The van der Waals surface area contributed by atoms with Crippen LogP contribution in [0.2, 0.25) is 0 Å². The van der Waals surface area contributed by atoms with Gasteiger partial charge in [0.05, 0.1) is 23.2 Å². The number of hydrogen-bond acceptors (Lipinski definition) is 4. The van der Waals surface area contributed by atoms with Crippen molar-refractivity contribution in [1.82, 2.24) is 9.78 Å². The zero-order chi connectivity index (χ0) is 19.1.